The number of aromatic hydroxyl groups is 1. The number of thiocarbonyl (C=S) groups is 1. The average Bonchev–Trinajstić information content (AvgIpc) is 3.09. The first-order valence-electron chi connectivity index (χ1n) is 10.6. The fourth-order valence-corrected chi connectivity index (χ4v) is 4.84. The molecule has 1 aliphatic heterocycles. The van der Waals surface area contributed by atoms with Crippen LogP contribution in [0.1, 0.15) is 0 Å². The van der Waals surface area contributed by atoms with Crippen LogP contribution < -0.4 is 10.6 Å². The average molecular weight is 514 g/mol. The van der Waals surface area contributed by atoms with Crippen molar-refractivity contribution in [3.05, 3.63) is 58.7 Å². The van der Waals surface area contributed by atoms with Crippen molar-refractivity contribution in [3.63, 3.8) is 0 Å². The summed E-state index contributed by atoms with van der Waals surface area (Å²) < 4.78 is 1.79. The van der Waals surface area contributed by atoms with Crippen LogP contribution in [-0.4, -0.2) is 50.8 Å². The highest BCUT2D eigenvalue weighted by molar-refractivity contribution is 7.80. The van der Waals surface area contributed by atoms with Crippen LogP contribution in [0, 0.1) is 0 Å². The zero-order chi connectivity index (χ0) is 23.8. The van der Waals surface area contributed by atoms with Crippen molar-refractivity contribution in [3.8, 4) is 5.88 Å². The third kappa shape index (κ3) is 4.27. The van der Waals surface area contributed by atoms with Crippen LogP contribution in [0.15, 0.2) is 58.9 Å². The van der Waals surface area contributed by atoms with Crippen LogP contribution in [0.25, 0.3) is 21.8 Å². The molecule has 0 amide bonds. The molecule has 0 unspecified atom stereocenters. The third-order valence-corrected chi connectivity index (χ3v) is 6.60. The molecule has 0 radical (unpaired) electrons. The molecule has 3 N–H and O–H groups in total. The van der Waals surface area contributed by atoms with Crippen molar-refractivity contribution in [1.29, 1.82) is 0 Å². The van der Waals surface area contributed by atoms with Gasteiger partial charge in [0.1, 0.15) is 0 Å². The largest absolute Gasteiger partial charge is 0.493 e. The SMILES string of the molecule is NC(=S)N=Nc1c(O)n(CN2CCN(c3ccnc4cc(Cl)ccc34)CC2)c2cccc(Cl)c12. The number of anilines is 1. The fraction of sp³-hybridized carbons (Fsp3) is 0.217. The van der Waals surface area contributed by atoms with Crippen molar-refractivity contribution in [1.82, 2.24) is 14.5 Å². The van der Waals surface area contributed by atoms with E-state index in [0.717, 1.165) is 48.3 Å². The van der Waals surface area contributed by atoms with E-state index in [0.29, 0.717) is 22.1 Å². The second-order valence-electron chi connectivity index (χ2n) is 8.01. The van der Waals surface area contributed by atoms with E-state index in [1.54, 1.807) is 10.6 Å². The van der Waals surface area contributed by atoms with E-state index >= 15 is 0 Å². The van der Waals surface area contributed by atoms with Crippen LogP contribution >= 0.6 is 35.4 Å². The molecule has 0 bridgehead atoms. The van der Waals surface area contributed by atoms with Gasteiger partial charge < -0.3 is 15.7 Å². The highest BCUT2D eigenvalue weighted by atomic mass is 35.5. The standard InChI is InChI=1S/C23H21Cl2N7OS/c24-14-4-5-15-17(12-14)27-7-6-18(15)31-10-8-30(9-11-31)13-32-19-3-1-2-16(25)20(19)21(22(32)33)28-29-23(26)34/h1-7,12,33H,8-11,13H2,(H2,26,34). The molecule has 0 atom stereocenters. The van der Waals surface area contributed by atoms with Gasteiger partial charge in [-0.05, 0) is 48.6 Å². The Balaban J connectivity index is 1.39. The molecule has 2 aromatic carbocycles. The summed E-state index contributed by atoms with van der Waals surface area (Å²) >= 11 is 17.4. The Hall–Kier alpha value is -2.98. The summed E-state index contributed by atoms with van der Waals surface area (Å²) in [6.07, 6.45) is 1.82. The maximum atomic E-state index is 11.0. The monoisotopic (exact) mass is 513 g/mol. The van der Waals surface area contributed by atoms with Gasteiger partial charge >= 0.3 is 0 Å². The Labute approximate surface area is 211 Å². The number of fused-ring (bicyclic) bond motifs is 2. The molecule has 1 fully saturated rings. The molecule has 0 aliphatic carbocycles. The first-order chi connectivity index (χ1) is 16.4. The van der Waals surface area contributed by atoms with E-state index in [2.05, 4.69) is 25.0 Å². The van der Waals surface area contributed by atoms with Crippen LogP contribution in [0.2, 0.25) is 10.0 Å². The molecule has 0 spiro atoms. The van der Waals surface area contributed by atoms with Crippen LogP contribution in [0.5, 0.6) is 5.88 Å². The molecule has 8 nitrogen and oxygen atoms in total. The second-order valence-corrected chi connectivity index (χ2v) is 9.27. The number of nitrogens with zero attached hydrogens (tertiary/aromatic N) is 6. The number of hydrogen-bond acceptors (Lipinski definition) is 6. The molecule has 4 aromatic rings. The predicted octanol–water partition coefficient (Wildman–Crippen LogP) is 5.31. The molecule has 34 heavy (non-hydrogen) atoms. The predicted molar refractivity (Wildman–Crippen MR) is 140 cm³/mol. The topological polar surface area (TPSA) is 95.3 Å². The normalized spacial score (nSPS) is 15.1. The van der Waals surface area contributed by atoms with Gasteiger partial charge in [-0.1, -0.05) is 29.3 Å². The summed E-state index contributed by atoms with van der Waals surface area (Å²) in [7, 11) is 0. The molecular formula is C23H21Cl2N7OS. The van der Waals surface area contributed by atoms with Gasteiger partial charge in [-0.2, -0.15) is 0 Å². The lowest BCUT2D eigenvalue weighted by Gasteiger charge is -2.36. The van der Waals surface area contributed by atoms with Gasteiger partial charge in [-0.15, -0.1) is 10.2 Å². The Morgan fingerprint density at radius 2 is 1.91 bits per heavy atom. The zero-order valence-corrected chi connectivity index (χ0v) is 20.4. The van der Waals surface area contributed by atoms with E-state index in [-0.39, 0.29) is 16.7 Å². The molecule has 2 aromatic heterocycles. The summed E-state index contributed by atoms with van der Waals surface area (Å²) in [5.74, 6) is -0.0254. The highest BCUT2D eigenvalue weighted by Gasteiger charge is 2.24. The Morgan fingerprint density at radius 1 is 1.12 bits per heavy atom. The smallest absolute Gasteiger partial charge is 0.221 e. The number of halogens is 2. The first-order valence-corrected chi connectivity index (χ1v) is 11.8. The molecule has 1 saturated heterocycles. The van der Waals surface area contributed by atoms with Crippen molar-refractivity contribution >= 4 is 73.7 Å². The van der Waals surface area contributed by atoms with E-state index in [1.807, 2.05) is 42.6 Å². The minimum atomic E-state index is -0.116. The fourth-order valence-electron chi connectivity index (χ4n) is 4.38. The number of nitrogens with two attached hydrogens (primary N) is 1. The number of rotatable bonds is 4. The first kappa shape index (κ1) is 22.8. The highest BCUT2D eigenvalue weighted by Crippen LogP contribution is 2.42. The summed E-state index contributed by atoms with van der Waals surface area (Å²) in [5.41, 5.74) is 8.50. The summed E-state index contributed by atoms with van der Waals surface area (Å²) in [6, 6.07) is 13.3. The third-order valence-electron chi connectivity index (χ3n) is 5.97. The molecule has 174 valence electrons. The van der Waals surface area contributed by atoms with Gasteiger partial charge in [0.05, 0.1) is 28.1 Å². The lowest BCUT2D eigenvalue weighted by molar-refractivity contribution is 0.200. The van der Waals surface area contributed by atoms with E-state index in [9.17, 15) is 5.11 Å². The molecular weight excluding hydrogens is 493 g/mol. The zero-order valence-electron chi connectivity index (χ0n) is 18.0. The van der Waals surface area contributed by atoms with Crippen LogP contribution in [-0.2, 0) is 6.67 Å². The number of aromatic nitrogens is 2. The maximum Gasteiger partial charge on any atom is 0.221 e. The van der Waals surface area contributed by atoms with E-state index < -0.39 is 0 Å². The van der Waals surface area contributed by atoms with Crippen molar-refractivity contribution in [2.75, 3.05) is 31.1 Å². The number of hydrogen-bond donors (Lipinski definition) is 2. The van der Waals surface area contributed by atoms with Crippen molar-refractivity contribution < 1.29 is 5.11 Å². The van der Waals surface area contributed by atoms with Gasteiger partial charge in [0, 0.05) is 48.5 Å². The lowest BCUT2D eigenvalue weighted by atomic mass is 10.1. The van der Waals surface area contributed by atoms with Gasteiger partial charge in [-0.3, -0.25) is 14.5 Å². The number of azo groups is 1. The molecule has 5 rings (SSSR count). The quantitative estimate of drug-likeness (QED) is 0.283. The van der Waals surface area contributed by atoms with Gasteiger partial charge in [0.25, 0.3) is 0 Å². The number of pyridine rings is 1. The van der Waals surface area contributed by atoms with Crippen LogP contribution in [0.4, 0.5) is 11.4 Å². The maximum absolute atomic E-state index is 11.0. The molecule has 0 saturated carbocycles. The van der Waals surface area contributed by atoms with Crippen molar-refractivity contribution in [2.24, 2.45) is 16.0 Å². The van der Waals surface area contributed by atoms with E-state index in [4.69, 9.17) is 41.2 Å². The molecule has 3 heterocycles. The van der Waals surface area contributed by atoms with Gasteiger partial charge in [0.2, 0.25) is 11.0 Å². The summed E-state index contributed by atoms with van der Waals surface area (Å²) in [4.78, 5) is 9.06. The number of benzene rings is 2. The number of piperazine rings is 1. The lowest BCUT2D eigenvalue weighted by Crippen LogP contribution is -2.46. The van der Waals surface area contributed by atoms with E-state index in [1.165, 1.54) is 0 Å². The van der Waals surface area contributed by atoms with Gasteiger partial charge in [-0.25, -0.2) is 0 Å². The van der Waals surface area contributed by atoms with Crippen molar-refractivity contribution in [2.45, 2.75) is 6.67 Å². The second kappa shape index (κ2) is 9.34. The Morgan fingerprint density at radius 3 is 2.68 bits per heavy atom. The summed E-state index contributed by atoms with van der Waals surface area (Å²) in [6.45, 7) is 3.75. The Kier molecular flexibility index (Phi) is 6.26. The minimum absolute atomic E-state index is 0.0254. The Bertz CT molecular complexity index is 1430. The molecule has 1 aliphatic rings. The summed E-state index contributed by atoms with van der Waals surface area (Å²) in [5, 5.41) is 21.5. The van der Waals surface area contributed by atoms with Crippen LogP contribution in [0.3, 0.4) is 0 Å². The minimum Gasteiger partial charge on any atom is -0.493 e. The molecule has 11 heteroatoms. The van der Waals surface area contributed by atoms with Gasteiger partial charge in [0.15, 0.2) is 5.69 Å².